The van der Waals surface area contributed by atoms with E-state index in [9.17, 15) is 9.59 Å². The van der Waals surface area contributed by atoms with Crippen LogP contribution in [0.3, 0.4) is 0 Å². The number of thiophene rings is 1. The van der Waals surface area contributed by atoms with Crippen molar-refractivity contribution in [1.29, 1.82) is 0 Å². The van der Waals surface area contributed by atoms with Crippen LogP contribution < -0.4 is 5.73 Å². The summed E-state index contributed by atoms with van der Waals surface area (Å²) in [5.41, 5.74) is 6.92. The molecule has 1 amide bonds. The standard InChI is InChI=1S/C17H18N2O2S.ClH/c18-14-5-2-1-4-13(14)17(21)19-9-7-12(8-10-19)16(20)15-6-3-11-22-15;/h1-6,11-12H,7-10,18H2;1H. The summed E-state index contributed by atoms with van der Waals surface area (Å²) in [7, 11) is 0. The maximum Gasteiger partial charge on any atom is 0.255 e. The number of nitrogen functional groups attached to an aromatic ring is 1. The number of carbonyl (C=O) groups is 2. The van der Waals surface area contributed by atoms with E-state index in [0.717, 1.165) is 17.7 Å². The van der Waals surface area contributed by atoms with Gasteiger partial charge < -0.3 is 10.6 Å². The predicted octanol–water partition coefficient (Wildman–Crippen LogP) is 3.49. The molecule has 23 heavy (non-hydrogen) atoms. The lowest BCUT2D eigenvalue weighted by Gasteiger charge is -2.31. The molecule has 1 fully saturated rings. The molecule has 0 bridgehead atoms. The van der Waals surface area contributed by atoms with Gasteiger partial charge in [-0.05, 0) is 36.4 Å². The molecule has 0 radical (unpaired) electrons. The molecule has 0 spiro atoms. The lowest BCUT2D eigenvalue weighted by molar-refractivity contribution is 0.0652. The van der Waals surface area contributed by atoms with E-state index in [4.69, 9.17) is 5.73 Å². The number of hydrogen-bond acceptors (Lipinski definition) is 4. The van der Waals surface area contributed by atoms with Gasteiger partial charge in [-0.15, -0.1) is 23.7 Å². The van der Waals surface area contributed by atoms with Crippen molar-refractivity contribution >= 4 is 41.1 Å². The maximum absolute atomic E-state index is 12.5. The summed E-state index contributed by atoms with van der Waals surface area (Å²) in [5.74, 6) is 0.192. The largest absolute Gasteiger partial charge is 0.398 e. The lowest BCUT2D eigenvalue weighted by Crippen LogP contribution is -2.40. The molecular formula is C17H19ClN2O2S. The van der Waals surface area contributed by atoms with Gasteiger partial charge in [-0.3, -0.25) is 9.59 Å². The van der Waals surface area contributed by atoms with Crippen molar-refractivity contribution in [2.45, 2.75) is 12.8 Å². The van der Waals surface area contributed by atoms with Crippen LogP contribution in [-0.4, -0.2) is 29.7 Å². The van der Waals surface area contributed by atoms with Gasteiger partial charge >= 0.3 is 0 Å². The number of amides is 1. The molecule has 1 aromatic carbocycles. The van der Waals surface area contributed by atoms with Gasteiger partial charge in [0.05, 0.1) is 10.4 Å². The first kappa shape index (κ1) is 17.5. The summed E-state index contributed by atoms with van der Waals surface area (Å²) in [5, 5.41) is 1.92. The van der Waals surface area contributed by atoms with Crippen LogP contribution in [0.5, 0.6) is 0 Å². The smallest absolute Gasteiger partial charge is 0.255 e. The Bertz CT molecular complexity index is 680. The monoisotopic (exact) mass is 350 g/mol. The van der Waals surface area contributed by atoms with E-state index < -0.39 is 0 Å². The molecule has 2 N–H and O–H groups in total. The first-order valence-electron chi connectivity index (χ1n) is 7.38. The number of Topliss-reactive ketones (excluding diaryl/α,β-unsaturated/α-hetero) is 1. The van der Waals surface area contributed by atoms with Crippen molar-refractivity contribution in [3.8, 4) is 0 Å². The summed E-state index contributed by atoms with van der Waals surface area (Å²) in [6.07, 6.45) is 1.43. The van der Waals surface area contributed by atoms with Crippen LogP contribution in [0.1, 0.15) is 32.9 Å². The van der Waals surface area contributed by atoms with Gasteiger partial charge in [-0.2, -0.15) is 0 Å². The van der Waals surface area contributed by atoms with Crippen LogP contribution in [-0.2, 0) is 0 Å². The van der Waals surface area contributed by atoms with E-state index in [1.54, 1.807) is 17.0 Å². The second-order valence-electron chi connectivity index (χ2n) is 5.50. The fourth-order valence-electron chi connectivity index (χ4n) is 2.83. The fraction of sp³-hybridized carbons (Fsp3) is 0.294. The number of likely N-dealkylation sites (tertiary alicyclic amines) is 1. The van der Waals surface area contributed by atoms with Gasteiger partial charge in [-0.25, -0.2) is 0 Å². The summed E-state index contributed by atoms with van der Waals surface area (Å²) >= 11 is 1.48. The summed E-state index contributed by atoms with van der Waals surface area (Å²) in [6, 6.07) is 10.9. The summed E-state index contributed by atoms with van der Waals surface area (Å²) < 4.78 is 0. The second-order valence-corrected chi connectivity index (χ2v) is 6.44. The Hall–Kier alpha value is -1.85. The molecule has 3 rings (SSSR count). The number of rotatable bonds is 3. The minimum atomic E-state index is -0.0416. The Morgan fingerprint density at radius 2 is 1.78 bits per heavy atom. The molecular weight excluding hydrogens is 332 g/mol. The third-order valence-corrected chi connectivity index (χ3v) is 4.99. The van der Waals surface area contributed by atoms with E-state index in [1.165, 1.54) is 11.3 Å². The first-order valence-corrected chi connectivity index (χ1v) is 8.26. The quantitative estimate of drug-likeness (QED) is 0.680. The number of nitrogens with zero attached hydrogens (tertiary/aromatic N) is 1. The molecule has 4 nitrogen and oxygen atoms in total. The molecule has 1 saturated heterocycles. The molecule has 0 atom stereocenters. The number of anilines is 1. The Morgan fingerprint density at radius 3 is 2.39 bits per heavy atom. The molecule has 1 aromatic heterocycles. The molecule has 2 heterocycles. The van der Waals surface area contributed by atoms with Crippen molar-refractivity contribution in [3.63, 3.8) is 0 Å². The molecule has 6 heteroatoms. The Balaban J connectivity index is 0.00000192. The molecule has 0 aliphatic carbocycles. The topological polar surface area (TPSA) is 63.4 Å². The molecule has 0 unspecified atom stereocenters. The molecule has 1 aliphatic heterocycles. The zero-order chi connectivity index (χ0) is 15.5. The van der Waals surface area contributed by atoms with Crippen molar-refractivity contribution in [3.05, 3.63) is 52.2 Å². The van der Waals surface area contributed by atoms with E-state index in [-0.39, 0.29) is 30.0 Å². The van der Waals surface area contributed by atoms with Gasteiger partial charge in [-0.1, -0.05) is 18.2 Å². The lowest BCUT2D eigenvalue weighted by atomic mass is 9.91. The number of ketones is 1. The van der Waals surface area contributed by atoms with Gasteiger partial charge in [0.25, 0.3) is 5.91 Å². The highest BCUT2D eigenvalue weighted by Crippen LogP contribution is 2.25. The Kier molecular flexibility index (Phi) is 5.80. The third kappa shape index (κ3) is 3.74. The van der Waals surface area contributed by atoms with Crippen LogP contribution in [0.25, 0.3) is 0 Å². The van der Waals surface area contributed by atoms with Crippen molar-refractivity contribution in [1.82, 2.24) is 4.90 Å². The highest BCUT2D eigenvalue weighted by Gasteiger charge is 2.29. The Morgan fingerprint density at radius 1 is 1.09 bits per heavy atom. The SMILES string of the molecule is Cl.Nc1ccccc1C(=O)N1CCC(C(=O)c2cccs2)CC1. The van der Waals surface area contributed by atoms with Gasteiger partial charge in [0.1, 0.15) is 0 Å². The van der Waals surface area contributed by atoms with Gasteiger partial charge in [0.15, 0.2) is 5.78 Å². The zero-order valence-corrected chi connectivity index (χ0v) is 14.2. The minimum absolute atomic E-state index is 0. The molecule has 122 valence electrons. The highest BCUT2D eigenvalue weighted by atomic mass is 35.5. The summed E-state index contributed by atoms with van der Waals surface area (Å²) in [4.78, 5) is 27.4. The van der Waals surface area contributed by atoms with Crippen LogP contribution in [0.2, 0.25) is 0 Å². The van der Waals surface area contributed by atoms with Crippen LogP contribution in [0.15, 0.2) is 41.8 Å². The van der Waals surface area contributed by atoms with Gasteiger partial charge in [0.2, 0.25) is 0 Å². The van der Waals surface area contributed by atoms with Gasteiger partial charge in [0, 0.05) is 24.7 Å². The molecule has 0 saturated carbocycles. The highest BCUT2D eigenvalue weighted by molar-refractivity contribution is 7.12. The number of nitrogens with two attached hydrogens (primary N) is 1. The van der Waals surface area contributed by atoms with Crippen LogP contribution in [0, 0.1) is 5.92 Å². The number of halogens is 1. The normalized spacial score (nSPS) is 15.0. The van der Waals surface area contributed by atoms with E-state index in [2.05, 4.69) is 0 Å². The van der Waals surface area contributed by atoms with E-state index >= 15 is 0 Å². The number of carbonyl (C=O) groups excluding carboxylic acids is 2. The Labute approximate surface area is 145 Å². The zero-order valence-electron chi connectivity index (χ0n) is 12.6. The fourth-order valence-corrected chi connectivity index (χ4v) is 3.57. The molecule has 1 aliphatic rings. The van der Waals surface area contributed by atoms with E-state index in [0.29, 0.717) is 24.3 Å². The predicted molar refractivity (Wildman–Crippen MR) is 95.4 cm³/mol. The summed E-state index contributed by atoms with van der Waals surface area (Å²) in [6.45, 7) is 1.21. The second kappa shape index (κ2) is 7.62. The van der Waals surface area contributed by atoms with Crippen LogP contribution in [0.4, 0.5) is 5.69 Å². The first-order chi connectivity index (χ1) is 10.7. The van der Waals surface area contributed by atoms with Crippen molar-refractivity contribution in [2.75, 3.05) is 18.8 Å². The maximum atomic E-state index is 12.5. The average molecular weight is 351 g/mol. The van der Waals surface area contributed by atoms with Crippen molar-refractivity contribution < 1.29 is 9.59 Å². The van der Waals surface area contributed by atoms with Crippen molar-refractivity contribution in [2.24, 2.45) is 5.92 Å². The van der Waals surface area contributed by atoms with E-state index in [1.807, 2.05) is 29.6 Å². The van der Waals surface area contributed by atoms with Crippen LogP contribution >= 0.6 is 23.7 Å². The minimum Gasteiger partial charge on any atom is -0.398 e. The number of hydrogen-bond donors (Lipinski definition) is 1. The third-order valence-electron chi connectivity index (χ3n) is 4.11. The number of benzene rings is 1. The molecule has 2 aromatic rings. The number of piperidine rings is 1. The average Bonchev–Trinajstić information content (AvgIpc) is 3.09. The number of para-hydroxylation sites is 1.